The van der Waals surface area contributed by atoms with Gasteiger partial charge in [0, 0.05) is 0 Å². The molecule has 0 aromatic carbocycles. The zero-order valence-corrected chi connectivity index (χ0v) is 14.6. The van der Waals surface area contributed by atoms with E-state index < -0.39 is 0 Å². The summed E-state index contributed by atoms with van der Waals surface area (Å²) in [5, 5.41) is -0.321. The molecule has 0 aromatic rings. The number of rotatable bonds is 4. The van der Waals surface area contributed by atoms with E-state index in [1.807, 2.05) is 0 Å². The highest BCUT2D eigenvalue weighted by atomic mass is 31.1. The Hall–Kier alpha value is -0.100. The van der Waals surface area contributed by atoms with Gasteiger partial charge in [-0.05, 0) is 58.0 Å². The highest BCUT2D eigenvalue weighted by Gasteiger charge is 2.41. The number of hydrogen-bond donors (Lipinski definition) is 0. The van der Waals surface area contributed by atoms with Crippen LogP contribution in [0.15, 0.2) is 0 Å². The number of ether oxygens (including phenoxy) is 1. The molecule has 1 saturated carbocycles. The Morgan fingerprint density at radius 3 is 2.11 bits per heavy atom. The SMILES string of the molecule is CPC(C)(CC(C)(C)C)C(=O)OC1(C)CCCCC1. The van der Waals surface area contributed by atoms with Crippen molar-refractivity contribution in [1.82, 2.24) is 0 Å². The van der Waals surface area contributed by atoms with Crippen LogP contribution in [0.4, 0.5) is 0 Å². The van der Waals surface area contributed by atoms with Crippen LogP contribution in [0.5, 0.6) is 0 Å². The van der Waals surface area contributed by atoms with E-state index in [0.717, 1.165) is 19.3 Å². The highest BCUT2D eigenvalue weighted by molar-refractivity contribution is 7.40. The van der Waals surface area contributed by atoms with E-state index in [2.05, 4.69) is 41.3 Å². The molecule has 0 bridgehead atoms. The molecule has 1 rings (SSSR count). The molecule has 0 aliphatic heterocycles. The zero-order valence-electron chi connectivity index (χ0n) is 13.6. The molecule has 0 saturated heterocycles. The maximum Gasteiger partial charge on any atom is 0.316 e. The van der Waals surface area contributed by atoms with Crippen molar-refractivity contribution in [2.45, 2.75) is 83.9 Å². The van der Waals surface area contributed by atoms with Crippen LogP contribution in [0.25, 0.3) is 0 Å². The molecular weight excluding hydrogens is 255 g/mol. The summed E-state index contributed by atoms with van der Waals surface area (Å²) in [5.41, 5.74) is -0.0572. The molecule has 2 unspecified atom stereocenters. The first-order valence-corrected chi connectivity index (χ1v) is 9.03. The molecular formula is C16H31O2P. The molecule has 2 atom stereocenters. The second kappa shape index (κ2) is 6.12. The largest absolute Gasteiger partial charge is 0.459 e. The lowest BCUT2D eigenvalue weighted by Gasteiger charge is -2.39. The van der Waals surface area contributed by atoms with Crippen LogP contribution < -0.4 is 0 Å². The second-order valence-electron chi connectivity index (χ2n) is 7.72. The van der Waals surface area contributed by atoms with Crippen LogP contribution in [0.3, 0.4) is 0 Å². The molecule has 0 N–H and O–H groups in total. The maximum absolute atomic E-state index is 12.6. The van der Waals surface area contributed by atoms with Crippen molar-refractivity contribution in [2.75, 3.05) is 6.66 Å². The highest BCUT2D eigenvalue weighted by Crippen LogP contribution is 2.42. The molecule has 1 fully saturated rings. The average Bonchev–Trinajstić information content (AvgIpc) is 2.27. The van der Waals surface area contributed by atoms with E-state index in [1.165, 1.54) is 19.3 Å². The van der Waals surface area contributed by atoms with Crippen LogP contribution >= 0.6 is 8.58 Å². The van der Waals surface area contributed by atoms with Gasteiger partial charge in [0.25, 0.3) is 0 Å². The van der Waals surface area contributed by atoms with Gasteiger partial charge in [-0.25, -0.2) is 0 Å². The third-order valence-electron chi connectivity index (χ3n) is 4.14. The molecule has 112 valence electrons. The monoisotopic (exact) mass is 286 g/mol. The predicted octanol–water partition coefficient (Wildman–Crippen LogP) is 4.76. The summed E-state index contributed by atoms with van der Waals surface area (Å²) in [6.45, 7) is 12.9. The lowest BCUT2D eigenvalue weighted by molar-refractivity contribution is -0.164. The lowest BCUT2D eigenvalue weighted by atomic mass is 9.84. The van der Waals surface area contributed by atoms with Crippen LogP contribution in [-0.4, -0.2) is 23.4 Å². The quantitative estimate of drug-likeness (QED) is 0.550. The first-order valence-electron chi connectivity index (χ1n) is 7.53. The van der Waals surface area contributed by atoms with Crippen molar-refractivity contribution >= 4 is 14.6 Å². The Morgan fingerprint density at radius 2 is 1.68 bits per heavy atom. The molecule has 0 heterocycles. The van der Waals surface area contributed by atoms with Crippen molar-refractivity contribution in [3.63, 3.8) is 0 Å². The van der Waals surface area contributed by atoms with Crippen LogP contribution in [0.1, 0.15) is 73.1 Å². The molecule has 0 aromatic heterocycles. The average molecular weight is 286 g/mol. The Labute approximate surface area is 120 Å². The molecule has 1 aliphatic carbocycles. The minimum absolute atomic E-state index is 0.0210. The first-order chi connectivity index (χ1) is 8.60. The molecule has 2 nitrogen and oxygen atoms in total. The fraction of sp³-hybridized carbons (Fsp3) is 0.938. The van der Waals surface area contributed by atoms with Crippen molar-refractivity contribution in [1.29, 1.82) is 0 Å². The molecule has 19 heavy (non-hydrogen) atoms. The molecule has 0 amide bonds. The first kappa shape index (κ1) is 17.0. The normalized spacial score (nSPS) is 23.3. The van der Waals surface area contributed by atoms with Gasteiger partial charge in [0.05, 0.1) is 5.16 Å². The van der Waals surface area contributed by atoms with E-state index in [0.29, 0.717) is 8.58 Å². The van der Waals surface area contributed by atoms with Crippen molar-refractivity contribution in [2.24, 2.45) is 5.41 Å². The van der Waals surface area contributed by atoms with E-state index in [1.54, 1.807) is 0 Å². The summed E-state index contributed by atoms with van der Waals surface area (Å²) in [5.74, 6) is 0.0210. The summed E-state index contributed by atoms with van der Waals surface area (Å²) in [4.78, 5) is 12.6. The van der Waals surface area contributed by atoms with Crippen LogP contribution in [0.2, 0.25) is 0 Å². The van der Waals surface area contributed by atoms with E-state index in [9.17, 15) is 4.79 Å². The third-order valence-corrected chi connectivity index (χ3v) is 5.62. The van der Waals surface area contributed by atoms with Gasteiger partial charge in [-0.3, -0.25) is 4.79 Å². The van der Waals surface area contributed by atoms with Gasteiger partial charge in [0.1, 0.15) is 5.60 Å². The van der Waals surface area contributed by atoms with E-state index in [4.69, 9.17) is 4.74 Å². The Balaban J connectivity index is 2.73. The summed E-state index contributed by atoms with van der Waals surface area (Å²) < 4.78 is 5.95. The number of esters is 1. The molecule has 1 aliphatic rings. The molecule has 3 heteroatoms. The molecule has 0 spiro atoms. The second-order valence-corrected chi connectivity index (χ2v) is 9.32. The smallest absolute Gasteiger partial charge is 0.316 e. The summed E-state index contributed by atoms with van der Waals surface area (Å²) in [7, 11) is 0.589. The minimum Gasteiger partial charge on any atom is -0.459 e. The maximum atomic E-state index is 12.6. The van der Waals surface area contributed by atoms with Gasteiger partial charge in [0.15, 0.2) is 0 Å². The van der Waals surface area contributed by atoms with Crippen molar-refractivity contribution in [3.8, 4) is 0 Å². The van der Waals surface area contributed by atoms with Gasteiger partial charge >= 0.3 is 5.97 Å². The summed E-state index contributed by atoms with van der Waals surface area (Å²) in [6.07, 6.45) is 6.60. The number of carbonyl (C=O) groups is 1. The van der Waals surface area contributed by atoms with Gasteiger partial charge in [-0.1, -0.05) is 27.2 Å². The fourth-order valence-corrected chi connectivity index (χ4v) is 4.02. The summed E-state index contributed by atoms with van der Waals surface area (Å²) >= 11 is 0. The van der Waals surface area contributed by atoms with Crippen LogP contribution in [-0.2, 0) is 9.53 Å². The fourth-order valence-electron chi connectivity index (χ4n) is 3.06. The van der Waals surface area contributed by atoms with Gasteiger partial charge in [-0.15, -0.1) is 8.58 Å². The number of carbonyl (C=O) groups excluding carboxylic acids is 1. The molecule has 0 radical (unpaired) electrons. The Morgan fingerprint density at radius 1 is 1.16 bits per heavy atom. The Kier molecular flexibility index (Phi) is 5.46. The minimum atomic E-state index is -0.321. The van der Waals surface area contributed by atoms with Crippen molar-refractivity contribution < 1.29 is 9.53 Å². The van der Waals surface area contributed by atoms with Gasteiger partial charge < -0.3 is 4.74 Å². The van der Waals surface area contributed by atoms with E-state index in [-0.39, 0.29) is 22.1 Å². The van der Waals surface area contributed by atoms with E-state index >= 15 is 0 Å². The van der Waals surface area contributed by atoms with Crippen molar-refractivity contribution in [3.05, 3.63) is 0 Å². The summed E-state index contributed by atoms with van der Waals surface area (Å²) in [6, 6.07) is 0. The Bertz CT molecular complexity index is 313. The topological polar surface area (TPSA) is 26.3 Å². The van der Waals surface area contributed by atoms with Crippen LogP contribution in [0, 0.1) is 5.41 Å². The predicted molar refractivity (Wildman–Crippen MR) is 84.3 cm³/mol. The number of hydrogen-bond acceptors (Lipinski definition) is 2. The lowest BCUT2D eigenvalue weighted by Crippen LogP contribution is -2.43. The standard InChI is InChI=1S/C16H31O2P/c1-14(2,3)12-16(5,19-6)13(17)18-15(4)10-8-7-9-11-15/h19H,7-12H2,1-6H3. The third kappa shape index (κ3) is 5.06. The van der Waals surface area contributed by atoms with Gasteiger partial charge in [0.2, 0.25) is 0 Å². The zero-order chi connectivity index (χ0) is 14.7. The van der Waals surface area contributed by atoms with Gasteiger partial charge in [-0.2, -0.15) is 0 Å².